The van der Waals surface area contributed by atoms with Crippen molar-refractivity contribution in [1.82, 2.24) is 0 Å². The summed E-state index contributed by atoms with van der Waals surface area (Å²) in [6.07, 6.45) is 2.47. The molecule has 1 aromatic heterocycles. The van der Waals surface area contributed by atoms with Crippen LogP contribution in [0.25, 0.3) is 10.8 Å². The van der Waals surface area contributed by atoms with E-state index in [1.54, 1.807) is 25.3 Å². The summed E-state index contributed by atoms with van der Waals surface area (Å²) in [5, 5.41) is 25.3. The highest BCUT2D eigenvalue weighted by Gasteiger charge is 2.18. The van der Waals surface area contributed by atoms with Crippen LogP contribution in [0.3, 0.4) is 0 Å². The molecule has 7 heteroatoms. The Labute approximate surface area is 196 Å². The summed E-state index contributed by atoms with van der Waals surface area (Å²) in [6.45, 7) is 7.06. The highest BCUT2D eigenvalue weighted by Crippen LogP contribution is 2.28. The fourth-order valence-electron chi connectivity index (χ4n) is 2.99. The van der Waals surface area contributed by atoms with Crippen LogP contribution in [0.15, 0.2) is 64.4 Å². The van der Waals surface area contributed by atoms with Crippen LogP contribution < -0.4 is 4.73 Å². The van der Waals surface area contributed by atoms with E-state index in [1.807, 2.05) is 50.2 Å². The third-order valence-corrected chi connectivity index (χ3v) is 5.21. The lowest BCUT2D eigenvalue weighted by Crippen LogP contribution is -2.32. The maximum atomic E-state index is 11.8. The number of rotatable bonds is 3. The number of fused-ring (bicyclic) bond motifs is 1. The van der Waals surface area contributed by atoms with Gasteiger partial charge in [-0.05, 0) is 35.0 Å². The maximum Gasteiger partial charge on any atom is 0.303 e. The van der Waals surface area contributed by atoms with E-state index in [4.69, 9.17) is 9.94 Å². The van der Waals surface area contributed by atoms with Gasteiger partial charge in [0.15, 0.2) is 12.3 Å². The standard InChI is InChI=1S/C13H13NO3.C12H12BrNO/c1-10(17-11(2)15)7-8-12-5-3-4-6-13(12)9-14-16;1-8(2)12-11(13)10-6-4-3-5-9(10)7-14(12)15/h3-6,9-10,16H,1-2H3;3-8H,1-2H3/b14-9+;. The molecular formula is C25H25BrN2O4. The first kappa shape index (κ1) is 24.9. The second kappa shape index (κ2) is 11.9. The van der Waals surface area contributed by atoms with E-state index in [0.29, 0.717) is 11.1 Å². The van der Waals surface area contributed by atoms with E-state index in [-0.39, 0.29) is 11.9 Å². The smallest absolute Gasteiger partial charge is 0.303 e. The minimum Gasteiger partial charge on any atom is -0.618 e. The van der Waals surface area contributed by atoms with Crippen LogP contribution in [0.1, 0.15) is 50.4 Å². The van der Waals surface area contributed by atoms with Crippen molar-refractivity contribution >= 4 is 38.9 Å². The number of nitrogens with zero attached hydrogens (tertiary/aromatic N) is 2. The van der Waals surface area contributed by atoms with Gasteiger partial charge in [-0.3, -0.25) is 4.79 Å². The molecule has 1 unspecified atom stereocenters. The van der Waals surface area contributed by atoms with Gasteiger partial charge in [-0.25, -0.2) is 0 Å². The van der Waals surface area contributed by atoms with E-state index in [2.05, 4.69) is 32.9 Å². The Hall–Kier alpha value is -3.37. The predicted octanol–water partition coefficient (Wildman–Crippen LogP) is 5.16. The van der Waals surface area contributed by atoms with Crippen LogP contribution >= 0.6 is 15.9 Å². The number of benzene rings is 2. The molecule has 166 valence electrons. The highest BCUT2D eigenvalue weighted by atomic mass is 79.9. The molecule has 0 bridgehead atoms. The largest absolute Gasteiger partial charge is 0.618 e. The molecule has 0 aliphatic carbocycles. The minimum absolute atomic E-state index is 0.210. The Bertz CT molecular complexity index is 1180. The lowest BCUT2D eigenvalue weighted by Gasteiger charge is -2.11. The number of hydrogen-bond donors (Lipinski definition) is 1. The second-order valence-corrected chi connectivity index (χ2v) is 8.04. The van der Waals surface area contributed by atoms with Crippen molar-refractivity contribution in [1.29, 1.82) is 0 Å². The second-order valence-electron chi connectivity index (χ2n) is 7.25. The number of hydrogen-bond acceptors (Lipinski definition) is 5. The topological polar surface area (TPSA) is 85.8 Å². The molecule has 2 aromatic carbocycles. The Morgan fingerprint density at radius 3 is 2.50 bits per heavy atom. The quantitative estimate of drug-likeness (QED) is 0.103. The fourth-order valence-corrected chi connectivity index (χ4v) is 3.99. The van der Waals surface area contributed by atoms with Gasteiger partial charge in [-0.1, -0.05) is 67.2 Å². The van der Waals surface area contributed by atoms with Gasteiger partial charge in [-0.2, -0.15) is 4.73 Å². The molecule has 0 saturated carbocycles. The predicted molar refractivity (Wildman–Crippen MR) is 129 cm³/mol. The van der Waals surface area contributed by atoms with E-state index in [0.717, 1.165) is 25.7 Å². The van der Waals surface area contributed by atoms with Crippen molar-refractivity contribution in [2.45, 2.75) is 39.7 Å². The molecule has 0 fully saturated rings. The molecule has 0 spiro atoms. The lowest BCUT2D eigenvalue weighted by molar-refractivity contribution is -0.614. The van der Waals surface area contributed by atoms with E-state index in [9.17, 15) is 10.0 Å². The molecule has 6 nitrogen and oxygen atoms in total. The average molecular weight is 497 g/mol. The summed E-state index contributed by atoms with van der Waals surface area (Å²) >= 11 is 3.51. The molecule has 3 aromatic rings. The van der Waals surface area contributed by atoms with Crippen LogP contribution in [0.5, 0.6) is 0 Å². The highest BCUT2D eigenvalue weighted by molar-refractivity contribution is 9.10. The van der Waals surface area contributed by atoms with Crippen LogP contribution in [-0.4, -0.2) is 23.5 Å². The Morgan fingerprint density at radius 1 is 1.19 bits per heavy atom. The van der Waals surface area contributed by atoms with Crippen molar-refractivity contribution in [2.75, 3.05) is 0 Å². The summed E-state index contributed by atoms with van der Waals surface area (Å²) in [7, 11) is 0. The van der Waals surface area contributed by atoms with Crippen LogP contribution in [0.4, 0.5) is 0 Å². The zero-order valence-corrected chi connectivity index (χ0v) is 20.0. The van der Waals surface area contributed by atoms with E-state index in [1.165, 1.54) is 13.1 Å². The van der Waals surface area contributed by atoms with Gasteiger partial charge in [0.2, 0.25) is 5.69 Å². The maximum absolute atomic E-state index is 11.8. The number of carbonyl (C=O) groups excluding carboxylic acids is 1. The third-order valence-electron chi connectivity index (χ3n) is 4.37. The number of aromatic nitrogens is 1. The van der Waals surface area contributed by atoms with Crippen LogP contribution in [0, 0.1) is 17.0 Å². The molecule has 0 saturated heterocycles. The van der Waals surface area contributed by atoms with Gasteiger partial charge in [0.1, 0.15) is 0 Å². The Kier molecular flexibility index (Phi) is 9.23. The van der Waals surface area contributed by atoms with Crippen molar-refractivity contribution in [3.8, 4) is 11.8 Å². The molecule has 0 amide bonds. The Morgan fingerprint density at radius 2 is 1.84 bits per heavy atom. The van der Waals surface area contributed by atoms with Gasteiger partial charge in [-0.15, -0.1) is 0 Å². The molecule has 0 aliphatic heterocycles. The van der Waals surface area contributed by atoms with E-state index < -0.39 is 6.10 Å². The third kappa shape index (κ3) is 6.82. The molecule has 3 rings (SSSR count). The number of esters is 1. The fraction of sp³-hybridized carbons (Fsp3) is 0.240. The van der Waals surface area contributed by atoms with Crippen molar-refractivity contribution in [3.63, 3.8) is 0 Å². The first-order chi connectivity index (χ1) is 15.2. The van der Waals surface area contributed by atoms with Crippen LogP contribution in [0.2, 0.25) is 0 Å². The minimum atomic E-state index is -0.466. The van der Waals surface area contributed by atoms with Gasteiger partial charge in [0.05, 0.1) is 10.7 Å². The molecule has 1 heterocycles. The summed E-state index contributed by atoms with van der Waals surface area (Å²) in [5.74, 6) is 5.51. The van der Waals surface area contributed by atoms with Gasteiger partial charge < -0.3 is 15.2 Å². The molecule has 1 N–H and O–H groups in total. The number of carbonyl (C=O) groups is 1. The molecule has 0 radical (unpaired) electrons. The number of ether oxygens (including phenoxy) is 1. The van der Waals surface area contributed by atoms with Gasteiger partial charge in [0.25, 0.3) is 0 Å². The van der Waals surface area contributed by atoms with Crippen molar-refractivity contribution in [3.05, 3.63) is 81.2 Å². The normalized spacial score (nSPS) is 11.4. The molecule has 0 aliphatic rings. The van der Waals surface area contributed by atoms with Crippen molar-refractivity contribution in [2.24, 2.45) is 5.16 Å². The number of oxime groups is 1. The van der Waals surface area contributed by atoms with E-state index >= 15 is 0 Å². The summed E-state index contributed by atoms with van der Waals surface area (Å²) in [5.41, 5.74) is 2.20. The van der Waals surface area contributed by atoms with Crippen molar-refractivity contribution < 1.29 is 19.5 Å². The van der Waals surface area contributed by atoms with Gasteiger partial charge >= 0.3 is 5.97 Å². The zero-order chi connectivity index (χ0) is 23.7. The average Bonchev–Trinajstić information content (AvgIpc) is 2.73. The summed E-state index contributed by atoms with van der Waals surface area (Å²) in [4.78, 5) is 10.7. The number of pyridine rings is 1. The molecule has 32 heavy (non-hydrogen) atoms. The summed E-state index contributed by atoms with van der Waals surface area (Å²) < 4.78 is 6.74. The molecule has 1 atom stereocenters. The van der Waals surface area contributed by atoms with Gasteiger partial charge in [0, 0.05) is 34.7 Å². The summed E-state index contributed by atoms with van der Waals surface area (Å²) in [6, 6.07) is 15.1. The monoisotopic (exact) mass is 496 g/mol. The first-order valence-corrected chi connectivity index (χ1v) is 10.8. The number of halogens is 1. The molecular weight excluding hydrogens is 472 g/mol. The lowest BCUT2D eigenvalue weighted by atomic mass is 10.1. The SMILES string of the molecule is CC(=O)OC(C)C#Cc1ccccc1/C=N/O.CC(C)c1c(Br)c2ccccc2c[n+]1[O-]. The zero-order valence-electron chi connectivity index (χ0n) is 18.4. The van der Waals surface area contributed by atoms with Crippen LogP contribution in [-0.2, 0) is 9.53 Å². The Balaban J connectivity index is 0.000000228. The first-order valence-electron chi connectivity index (χ1n) is 10.00.